The lowest BCUT2D eigenvalue weighted by Crippen LogP contribution is -2.23. The van der Waals surface area contributed by atoms with Crippen LogP contribution in [0.25, 0.3) is 0 Å². The van der Waals surface area contributed by atoms with Crippen LogP contribution in [0.15, 0.2) is 16.7 Å². The molecule has 1 N–H and O–H groups in total. The molecule has 16 heavy (non-hydrogen) atoms. The molecule has 0 radical (unpaired) electrons. The fourth-order valence-corrected chi connectivity index (χ4v) is 1.47. The van der Waals surface area contributed by atoms with E-state index in [0.717, 1.165) is 0 Å². The van der Waals surface area contributed by atoms with Crippen molar-refractivity contribution in [2.75, 3.05) is 13.6 Å². The number of carboxylic acid groups (broad SMARTS) is 1. The van der Waals surface area contributed by atoms with Crippen molar-refractivity contribution in [3.8, 4) is 6.07 Å². The van der Waals surface area contributed by atoms with E-state index in [0.29, 0.717) is 18.8 Å². The fraction of sp³-hybridized carbons (Fsp3) is 0.455. The summed E-state index contributed by atoms with van der Waals surface area (Å²) in [4.78, 5) is 12.7. The van der Waals surface area contributed by atoms with Crippen molar-refractivity contribution in [1.29, 1.82) is 5.26 Å². The van der Waals surface area contributed by atoms with E-state index in [4.69, 9.17) is 14.8 Å². The van der Waals surface area contributed by atoms with E-state index < -0.39 is 5.97 Å². The molecule has 1 heterocycles. The van der Waals surface area contributed by atoms with E-state index in [9.17, 15) is 4.79 Å². The lowest BCUT2D eigenvalue weighted by atomic mass is 10.2. The number of hydrogen-bond acceptors (Lipinski definition) is 4. The fourth-order valence-electron chi connectivity index (χ4n) is 1.47. The maximum atomic E-state index is 10.8. The first-order valence-corrected chi connectivity index (χ1v) is 4.92. The minimum atomic E-state index is -0.995. The van der Waals surface area contributed by atoms with Crippen molar-refractivity contribution in [3.05, 3.63) is 23.7 Å². The molecule has 1 aromatic heterocycles. The molecule has 0 fully saturated rings. The van der Waals surface area contributed by atoms with Crippen LogP contribution in [0.3, 0.4) is 0 Å². The van der Waals surface area contributed by atoms with Crippen LogP contribution in [0.2, 0.25) is 0 Å². The predicted octanol–water partition coefficient (Wildman–Crippen LogP) is 1.57. The van der Waals surface area contributed by atoms with Crippen LogP contribution < -0.4 is 0 Å². The van der Waals surface area contributed by atoms with Crippen molar-refractivity contribution < 1.29 is 14.3 Å². The summed E-state index contributed by atoms with van der Waals surface area (Å²) >= 11 is 0. The Morgan fingerprint density at radius 2 is 2.44 bits per heavy atom. The highest BCUT2D eigenvalue weighted by Crippen LogP contribution is 2.13. The Morgan fingerprint density at radius 3 is 3.00 bits per heavy atom. The molecule has 0 aliphatic rings. The molecule has 0 saturated carbocycles. The van der Waals surface area contributed by atoms with Crippen LogP contribution in [0, 0.1) is 17.2 Å². The maximum Gasteiger partial charge on any atom is 0.339 e. The average Bonchev–Trinajstić information content (AvgIpc) is 2.65. The van der Waals surface area contributed by atoms with Crippen LogP contribution in [-0.2, 0) is 6.54 Å². The largest absolute Gasteiger partial charge is 0.478 e. The number of hydrogen-bond donors (Lipinski definition) is 1. The van der Waals surface area contributed by atoms with Gasteiger partial charge in [-0.25, -0.2) is 4.79 Å². The van der Waals surface area contributed by atoms with E-state index in [-0.39, 0.29) is 11.5 Å². The van der Waals surface area contributed by atoms with Crippen molar-refractivity contribution >= 4 is 5.97 Å². The van der Waals surface area contributed by atoms with Gasteiger partial charge in [0.25, 0.3) is 0 Å². The van der Waals surface area contributed by atoms with Gasteiger partial charge in [-0.3, -0.25) is 4.90 Å². The third-order valence-electron chi connectivity index (χ3n) is 2.20. The summed E-state index contributed by atoms with van der Waals surface area (Å²) in [6.45, 7) is 2.79. The van der Waals surface area contributed by atoms with Crippen LogP contribution in [0.5, 0.6) is 0 Å². The topological polar surface area (TPSA) is 77.5 Å². The predicted molar refractivity (Wildman–Crippen MR) is 56.8 cm³/mol. The first-order valence-electron chi connectivity index (χ1n) is 4.92. The second kappa shape index (κ2) is 5.33. The Balaban J connectivity index is 2.63. The third-order valence-corrected chi connectivity index (χ3v) is 2.20. The molecule has 0 aliphatic heterocycles. The number of furan rings is 1. The molecule has 1 atom stereocenters. The summed E-state index contributed by atoms with van der Waals surface area (Å²) in [6, 6.07) is 3.55. The summed E-state index contributed by atoms with van der Waals surface area (Å²) < 4.78 is 5.11. The molecule has 1 unspecified atom stereocenters. The van der Waals surface area contributed by atoms with E-state index in [1.165, 1.54) is 12.3 Å². The molecule has 0 spiro atoms. The van der Waals surface area contributed by atoms with Crippen LogP contribution >= 0.6 is 0 Å². The first kappa shape index (κ1) is 12.3. The standard InChI is InChI=1S/C11H14N2O3/c1-8(5-12)6-13(2)7-10-9(11(14)15)3-4-16-10/h3-4,8H,6-7H2,1-2H3,(H,14,15). The van der Waals surface area contributed by atoms with Gasteiger partial charge in [0.1, 0.15) is 11.3 Å². The molecule has 5 heteroatoms. The van der Waals surface area contributed by atoms with E-state index in [2.05, 4.69) is 6.07 Å². The highest BCUT2D eigenvalue weighted by molar-refractivity contribution is 5.88. The zero-order chi connectivity index (χ0) is 12.1. The van der Waals surface area contributed by atoms with Gasteiger partial charge in [-0.05, 0) is 20.0 Å². The Labute approximate surface area is 93.9 Å². The van der Waals surface area contributed by atoms with Gasteiger partial charge in [0, 0.05) is 6.54 Å². The van der Waals surface area contributed by atoms with Crippen LogP contribution in [0.1, 0.15) is 23.0 Å². The molecular weight excluding hydrogens is 208 g/mol. The summed E-state index contributed by atoms with van der Waals surface area (Å²) in [5.41, 5.74) is 0.177. The minimum Gasteiger partial charge on any atom is -0.478 e. The first-order chi connectivity index (χ1) is 7.54. The Bertz CT molecular complexity index is 406. The molecule has 5 nitrogen and oxygen atoms in total. The summed E-state index contributed by atoms with van der Waals surface area (Å²) in [5, 5.41) is 17.5. The summed E-state index contributed by atoms with van der Waals surface area (Å²) in [6.07, 6.45) is 1.36. The van der Waals surface area contributed by atoms with Crippen LogP contribution in [0.4, 0.5) is 0 Å². The van der Waals surface area contributed by atoms with Gasteiger partial charge in [0.15, 0.2) is 0 Å². The Morgan fingerprint density at radius 1 is 1.75 bits per heavy atom. The van der Waals surface area contributed by atoms with Gasteiger partial charge in [0.2, 0.25) is 0 Å². The Hall–Kier alpha value is -1.80. The number of aromatic carboxylic acids is 1. The SMILES string of the molecule is CC(C#N)CN(C)Cc1occc1C(=O)O. The normalized spacial score (nSPS) is 12.4. The van der Waals surface area contributed by atoms with Gasteiger partial charge < -0.3 is 9.52 Å². The Kier molecular flexibility index (Phi) is 4.09. The highest BCUT2D eigenvalue weighted by Gasteiger charge is 2.15. The quantitative estimate of drug-likeness (QED) is 0.818. The van der Waals surface area contributed by atoms with Gasteiger partial charge >= 0.3 is 5.97 Å². The second-order valence-electron chi connectivity index (χ2n) is 3.79. The molecule has 0 amide bonds. The molecule has 1 aromatic rings. The smallest absolute Gasteiger partial charge is 0.339 e. The summed E-state index contributed by atoms with van der Waals surface area (Å²) in [7, 11) is 1.82. The lowest BCUT2D eigenvalue weighted by molar-refractivity contribution is 0.0693. The number of carboxylic acids is 1. The van der Waals surface area contributed by atoms with Gasteiger partial charge in [0.05, 0.1) is 24.8 Å². The van der Waals surface area contributed by atoms with Crippen molar-refractivity contribution in [2.45, 2.75) is 13.5 Å². The number of nitriles is 1. The van der Waals surface area contributed by atoms with Gasteiger partial charge in [-0.15, -0.1) is 0 Å². The highest BCUT2D eigenvalue weighted by atomic mass is 16.4. The van der Waals surface area contributed by atoms with Gasteiger partial charge in [-0.2, -0.15) is 5.26 Å². The van der Waals surface area contributed by atoms with E-state index in [1.807, 2.05) is 18.9 Å². The third kappa shape index (κ3) is 3.11. The molecule has 0 bridgehead atoms. The monoisotopic (exact) mass is 222 g/mol. The molecule has 0 aliphatic carbocycles. The molecule has 86 valence electrons. The lowest BCUT2D eigenvalue weighted by Gasteiger charge is -2.16. The number of rotatable bonds is 5. The number of nitrogens with zero attached hydrogens (tertiary/aromatic N) is 2. The van der Waals surface area contributed by atoms with Gasteiger partial charge in [-0.1, -0.05) is 0 Å². The second-order valence-corrected chi connectivity index (χ2v) is 3.79. The number of carbonyl (C=O) groups is 1. The van der Waals surface area contributed by atoms with Crippen molar-refractivity contribution in [1.82, 2.24) is 4.90 Å². The van der Waals surface area contributed by atoms with Crippen LogP contribution in [-0.4, -0.2) is 29.6 Å². The van der Waals surface area contributed by atoms with E-state index in [1.54, 1.807) is 0 Å². The zero-order valence-electron chi connectivity index (χ0n) is 9.30. The molecular formula is C11H14N2O3. The molecule has 1 rings (SSSR count). The average molecular weight is 222 g/mol. The van der Waals surface area contributed by atoms with Crippen molar-refractivity contribution in [2.24, 2.45) is 5.92 Å². The minimum absolute atomic E-state index is 0.0896. The summed E-state index contributed by atoms with van der Waals surface area (Å²) in [5.74, 6) is -0.668. The maximum absolute atomic E-state index is 10.8. The molecule has 0 saturated heterocycles. The van der Waals surface area contributed by atoms with E-state index >= 15 is 0 Å². The zero-order valence-corrected chi connectivity index (χ0v) is 9.30. The molecule has 0 aromatic carbocycles. The van der Waals surface area contributed by atoms with Crippen molar-refractivity contribution in [3.63, 3.8) is 0 Å².